The minimum atomic E-state index is 0. The van der Waals surface area contributed by atoms with Crippen LogP contribution in [0.5, 0.6) is 0 Å². The van der Waals surface area contributed by atoms with E-state index in [1.54, 1.807) is 0 Å². The van der Waals surface area contributed by atoms with E-state index in [4.69, 9.17) is 0 Å². The van der Waals surface area contributed by atoms with Gasteiger partial charge in [-0.1, -0.05) is 0 Å². The van der Waals surface area contributed by atoms with Crippen molar-refractivity contribution in [3.8, 4) is 0 Å². The molecule has 0 heterocycles. The summed E-state index contributed by atoms with van der Waals surface area (Å²) in [6, 6.07) is 0. The van der Waals surface area contributed by atoms with Crippen molar-refractivity contribution in [2.45, 2.75) is 27.7 Å². The second-order valence-electron chi connectivity index (χ2n) is 2.67. The maximum absolute atomic E-state index is 3.60. The minimum absolute atomic E-state index is 0. The van der Waals surface area contributed by atoms with Gasteiger partial charge in [0.05, 0.1) is 0 Å². The Morgan fingerprint density at radius 3 is 0.786 bits per heavy atom. The first-order chi connectivity index (χ1) is 5.47. The van der Waals surface area contributed by atoms with Crippen LogP contribution in [0.15, 0.2) is 0 Å². The molecule has 0 N–H and O–H groups in total. The first-order valence-electron chi connectivity index (χ1n) is 4.28. The van der Waals surface area contributed by atoms with E-state index in [0.717, 1.165) is 0 Å². The van der Waals surface area contributed by atoms with Crippen molar-refractivity contribution in [1.82, 2.24) is 0 Å². The minimum Gasteiger partial charge on any atom is -0.374 e. The summed E-state index contributed by atoms with van der Waals surface area (Å²) in [6.45, 7) is 22.4. The average molecular weight is 457 g/mol. The van der Waals surface area contributed by atoms with E-state index < -0.39 is 0 Å². The topological polar surface area (TPSA) is 0 Å². The smallest absolute Gasteiger partial charge is 0.374 e. The summed E-state index contributed by atoms with van der Waals surface area (Å²) in [4.78, 5) is 0. The van der Waals surface area contributed by atoms with Gasteiger partial charge in [0, 0.05) is 18.6 Å². The van der Waals surface area contributed by atoms with E-state index in [2.05, 4.69) is 27.7 Å². The molecule has 0 spiro atoms. The Morgan fingerprint density at radius 2 is 0.786 bits per heavy atom. The molecule has 0 aliphatic heterocycles. The fraction of sp³-hybridized carbons (Fsp3) is 0.500. The van der Waals surface area contributed by atoms with E-state index in [9.17, 15) is 0 Å². The van der Waals surface area contributed by atoms with E-state index in [0.29, 0.717) is 0 Å². The van der Waals surface area contributed by atoms with Crippen LogP contribution in [0.2, 0.25) is 0 Å². The third kappa shape index (κ3) is 68.5. The maximum Gasteiger partial charge on any atom is 3.00 e. The number of hydrogen-bond acceptors (Lipinski definition) is 0. The SMILES string of the molecule is C[CH-]C.C[CH-]C.[CH2-]C([CH2-])C([CH2-])[CH2-].[U+3].[V]. The predicted molar refractivity (Wildman–Crippen MR) is 59.7 cm³/mol. The largest absolute Gasteiger partial charge is 3.00 e. The van der Waals surface area contributed by atoms with Crippen LogP contribution in [0.1, 0.15) is 27.7 Å². The van der Waals surface area contributed by atoms with E-state index in [-0.39, 0.29) is 61.5 Å². The average Bonchev–Trinajstić information content (AvgIpc) is 1.90. The van der Waals surface area contributed by atoms with Gasteiger partial charge in [0.15, 0.2) is 0 Å². The van der Waals surface area contributed by atoms with Crippen molar-refractivity contribution < 1.29 is 49.7 Å². The molecule has 0 nitrogen and oxygen atoms in total. The predicted octanol–water partition coefficient (Wildman–Crippen LogP) is 4.01. The van der Waals surface area contributed by atoms with Crippen LogP contribution >= 0.6 is 0 Å². The summed E-state index contributed by atoms with van der Waals surface area (Å²) in [6.07, 6.45) is 4.00. The molecule has 0 bridgehead atoms. The van der Waals surface area contributed by atoms with Crippen molar-refractivity contribution in [2.75, 3.05) is 0 Å². The fourth-order valence-electron chi connectivity index (χ4n) is 0. The third-order valence-electron chi connectivity index (χ3n) is 0.667. The van der Waals surface area contributed by atoms with Gasteiger partial charge in [-0.15, -0.1) is 0 Å². The molecule has 0 aliphatic rings. The normalized spacial score (nSPS) is 7.29. The van der Waals surface area contributed by atoms with Crippen LogP contribution in [0.3, 0.4) is 0 Å². The molecule has 0 aromatic rings. The Kier molecular flexibility index (Phi) is 62.0. The van der Waals surface area contributed by atoms with Gasteiger partial charge >= 0.3 is 31.1 Å². The van der Waals surface area contributed by atoms with Crippen molar-refractivity contribution in [3.05, 3.63) is 40.5 Å². The van der Waals surface area contributed by atoms with Gasteiger partial charge in [-0.25, -0.2) is 0 Å². The second-order valence-corrected chi connectivity index (χ2v) is 2.67. The molecule has 0 saturated heterocycles. The van der Waals surface area contributed by atoms with Crippen molar-refractivity contribution >= 4 is 0 Å². The summed E-state index contributed by atoms with van der Waals surface area (Å²) in [5, 5.41) is 0. The molecule has 0 amide bonds. The van der Waals surface area contributed by atoms with Crippen molar-refractivity contribution in [3.63, 3.8) is 0 Å². The van der Waals surface area contributed by atoms with Crippen molar-refractivity contribution in [1.29, 1.82) is 0 Å². The maximum atomic E-state index is 3.60. The fourth-order valence-corrected chi connectivity index (χ4v) is 0. The Bertz CT molecular complexity index is 46.3. The molecule has 0 rings (SSSR count). The summed E-state index contributed by atoms with van der Waals surface area (Å²) >= 11 is 0. The molecule has 0 atom stereocenters. The molecule has 0 unspecified atom stereocenters. The number of hydrogen-bond donors (Lipinski definition) is 0. The molecule has 84 valence electrons. The summed E-state index contributed by atoms with van der Waals surface area (Å²) in [5.41, 5.74) is 0. The molecule has 2 heteroatoms. The zero-order chi connectivity index (χ0) is 10.6. The molecule has 0 aromatic heterocycles. The monoisotopic (exact) mass is 457 g/mol. The molecule has 14 heavy (non-hydrogen) atoms. The Morgan fingerprint density at radius 1 is 0.714 bits per heavy atom. The van der Waals surface area contributed by atoms with Gasteiger partial charge in [-0.2, -0.15) is 27.7 Å². The molecule has 0 aromatic carbocycles. The molecule has 0 saturated carbocycles. The van der Waals surface area contributed by atoms with E-state index >= 15 is 0 Å². The van der Waals surface area contributed by atoms with Crippen LogP contribution in [-0.2, 0) is 18.6 Å². The summed E-state index contributed by atoms with van der Waals surface area (Å²) in [7, 11) is 0. The first-order valence-corrected chi connectivity index (χ1v) is 4.28. The quantitative estimate of drug-likeness (QED) is 0.523. The Hall–Kier alpha value is 1.64. The van der Waals surface area contributed by atoms with Gasteiger partial charge in [-0.05, 0) is 0 Å². The van der Waals surface area contributed by atoms with Crippen molar-refractivity contribution in [2.24, 2.45) is 11.8 Å². The van der Waals surface area contributed by atoms with Crippen LogP contribution in [0.25, 0.3) is 0 Å². The van der Waals surface area contributed by atoms with Gasteiger partial charge in [0.2, 0.25) is 0 Å². The third-order valence-corrected chi connectivity index (χ3v) is 0.667. The molecular weight excluding hydrogens is 433 g/mol. The Balaban J connectivity index is -0.0000000297. The summed E-state index contributed by atoms with van der Waals surface area (Å²) in [5.74, 6) is 0.259. The van der Waals surface area contributed by atoms with Crippen LogP contribution in [0.4, 0.5) is 0 Å². The van der Waals surface area contributed by atoms with Crippen LogP contribution in [0, 0.1) is 83.5 Å². The zero-order valence-electron chi connectivity index (χ0n) is 10.1. The van der Waals surface area contributed by atoms with Gasteiger partial charge in [0.25, 0.3) is 0 Å². The van der Waals surface area contributed by atoms with E-state index in [1.165, 1.54) is 0 Å². The van der Waals surface area contributed by atoms with Gasteiger partial charge in [0.1, 0.15) is 0 Å². The summed E-state index contributed by atoms with van der Waals surface area (Å²) < 4.78 is 0. The van der Waals surface area contributed by atoms with Crippen LogP contribution in [-0.4, -0.2) is 0 Å². The first kappa shape index (κ1) is 29.6. The molecule has 0 aliphatic carbocycles. The zero-order valence-corrected chi connectivity index (χ0v) is 15.6. The molecular formula is C12H24UV-3. The van der Waals surface area contributed by atoms with Gasteiger partial charge < -0.3 is 52.4 Å². The molecule has 0 fully saturated rings. The van der Waals surface area contributed by atoms with Gasteiger partial charge in [-0.3, -0.25) is 0 Å². The second kappa shape index (κ2) is 29.3. The number of rotatable bonds is 1. The van der Waals surface area contributed by atoms with E-state index in [1.807, 2.05) is 40.5 Å². The molecule has 2 radical (unpaired) electrons. The van der Waals surface area contributed by atoms with Crippen LogP contribution < -0.4 is 0 Å². The standard InChI is InChI=1S/C6H10.2C3H7.U.V/c1-5(2)6(3)4;2*1-3-2;;/h5-6H,1-4H2;2*3H,1-2H3;;/q-4;2*-1;+3;. The Labute approximate surface area is 129 Å².